The van der Waals surface area contributed by atoms with Crippen LogP contribution >= 0.6 is 22.9 Å². The van der Waals surface area contributed by atoms with Crippen LogP contribution in [0.1, 0.15) is 26.7 Å². The molecule has 0 amide bonds. The normalized spacial score (nSPS) is 33.3. The van der Waals surface area contributed by atoms with Gasteiger partial charge in [-0.25, -0.2) is 3.11 Å². The third-order valence-corrected chi connectivity index (χ3v) is 3.18. The van der Waals surface area contributed by atoms with E-state index in [1.807, 2.05) is 0 Å². The molecule has 0 aromatic rings. The molecule has 0 radical (unpaired) electrons. The minimum atomic E-state index is -0.123. The fraction of sp³-hybridized carbons (Fsp3) is 1.00. The van der Waals surface area contributed by atoms with Gasteiger partial charge in [-0.2, -0.15) is 0 Å². The summed E-state index contributed by atoms with van der Waals surface area (Å²) < 4.78 is 2.27. The Hall–Kier alpha value is 0.650. The highest BCUT2D eigenvalue weighted by molar-refractivity contribution is 14.1. The number of hydrogen-bond acceptors (Lipinski definition) is 2. The van der Waals surface area contributed by atoms with Crippen LogP contribution in [0.15, 0.2) is 0 Å². The summed E-state index contributed by atoms with van der Waals surface area (Å²) in [4.78, 5) is 0. The third-order valence-electron chi connectivity index (χ3n) is 2.36. The number of halogens is 1. The highest BCUT2D eigenvalue weighted by Gasteiger charge is 2.31. The van der Waals surface area contributed by atoms with E-state index in [1.165, 1.54) is 0 Å². The van der Waals surface area contributed by atoms with Gasteiger partial charge < -0.3 is 5.11 Å². The van der Waals surface area contributed by atoms with Gasteiger partial charge in [-0.15, -0.1) is 0 Å². The van der Waals surface area contributed by atoms with Crippen LogP contribution in [0, 0.1) is 5.41 Å². The zero-order valence-corrected chi connectivity index (χ0v) is 9.34. The summed E-state index contributed by atoms with van der Waals surface area (Å²) in [5.74, 6) is 0. The monoisotopic (exact) mass is 269 g/mol. The Labute approximate surface area is 82.5 Å². The summed E-state index contributed by atoms with van der Waals surface area (Å²) in [6, 6.07) is 0. The lowest BCUT2D eigenvalue weighted by molar-refractivity contribution is 0.0476. The highest BCUT2D eigenvalue weighted by Crippen LogP contribution is 2.29. The number of aliphatic hydroxyl groups is 1. The summed E-state index contributed by atoms with van der Waals surface area (Å²) in [5, 5.41) is 9.70. The van der Waals surface area contributed by atoms with E-state index in [0.29, 0.717) is 0 Å². The van der Waals surface area contributed by atoms with Crippen LogP contribution in [-0.4, -0.2) is 27.4 Å². The van der Waals surface area contributed by atoms with Crippen LogP contribution in [0.2, 0.25) is 0 Å². The van der Waals surface area contributed by atoms with Crippen LogP contribution in [0.3, 0.4) is 0 Å². The second-order valence-corrected chi connectivity index (χ2v) is 5.36. The molecule has 1 aliphatic heterocycles. The van der Waals surface area contributed by atoms with Gasteiger partial charge in [0.15, 0.2) is 0 Å². The lowest BCUT2D eigenvalue weighted by atomic mass is 9.85. The maximum atomic E-state index is 9.70. The van der Waals surface area contributed by atoms with E-state index in [9.17, 15) is 5.11 Å². The molecule has 1 N–H and O–H groups in total. The van der Waals surface area contributed by atoms with Crippen LogP contribution in [0.25, 0.3) is 0 Å². The molecule has 0 spiro atoms. The van der Waals surface area contributed by atoms with Gasteiger partial charge in [0, 0.05) is 41.4 Å². The topological polar surface area (TPSA) is 23.5 Å². The lowest BCUT2D eigenvalue weighted by Crippen LogP contribution is -2.35. The van der Waals surface area contributed by atoms with Crippen LogP contribution in [0.5, 0.6) is 0 Å². The van der Waals surface area contributed by atoms with Crippen molar-refractivity contribution >= 4 is 22.9 Å². The van der Waals surface area contributed by atoms with Gasteiger partial charge in [0.1, 0.15) is 0 Å². The zero-order chi connectivity index (χ0) is 8.48. The quantitative estimate of drug-likeness (QED) is 0.535. The molecule has 11 heavy (non-hydrogen) atoms. The summed E-state index contributed by atoms with van der Waals surface area (Å²) in [7, 11) is 0. The smallest absolute Gasteiger partial charge is 0.0604 e. The van der Waals surface area contributed by atoms with Gasteiger partial charge in [0.2, 0.25) is 0 Å². The van der Waals surface area contributed by atoms with Gasteiger partial charge in [-0.05, 0) is 12.8 Å². The number of nitrogens with zero attached hydrogens (tertiary/aromatic N) is 1. The molecule has 0 aromatic carbocycles. The second-order valence-electron chi connectivity index (χ2n) is 3.99. The van der Waals surface area contributed by atoms with E-state index in [0.717, 1.165) is 25.9 Å². The lowest BCUT2D eigenvalue weighted by Gasteiger charge is -2.29. The van der Waals surface area contributed by atoms with E-state index in [-0.39, 0.29) is 11.5 Å². The van der Waals surface area contributed by atoms with E-state index < -0.39 is 0 Å². The average molecular weight is 269 g/mol. The first-order valence-corrected chi connectivity index (χ1v) is 5.08. The first-order chi connectivity index (χ1) is 5.02. The van der Waals surface area contributed by atoms with E-state index in [4.69, 9.17) is 0 Å². The molecule has 0 saturated carbocycles. The van der Waals surface area contributed by atoms with Gasteiger partial charge >= 0.3 is 0 Å². The Bertz CT molecular complexity index is 138. The van der Waals surface area contributed by atoms with Crippen molar-refractivity contribution in [1.82, 2.24) is 3.11 Å². The van der Waals surface area contributed by atoms with Crippen molar-refractivity contribution in [1.29, 1.82) is 0 Å². The Morgan fingerprint density at radius 2 is 2.18 bits per heavy atom. The molecule has 0 aromatic heterocycles. The summed E-state index contributed by atoms with van der Waals surface area (Å²) in [6.45, 7) is 6.37. The van der Waals surface area contributed by atoms with Crippen molar-refractivity contribution in [3.8, 4) is 0 Å². The molecule has 2 nitrogen and oxygen atoms in total. The summed E-state index contributed by atoms with van der Waals surface area (Å²) in [6.07, 6.45) is 1.95. The second kappa shape index (κ2) is 3.58. The van der Waals surface area contributed by atoms with Crippen molar-refractivity contribution in [2.24, 2.45) is 5.41 Å². The molecule has 1 rings (SSSR count). The molecule has 1 fully saturated rings. The van der Waals surface area contributed by atoms with Crippen LogP contribution < -0.4 is 0 Å². The predicted octanol–water partition coefficient (Wildman–Crippen LogP) is 1.82. The largest absolute Gasteiger partial charge is 0.393 e. The van der Waals surface area contributed by atoms with Crippen LogP contribution in [0.4, 0.5) is 0 Å². The van der Waals surface area contributed by atoms with E-state index in [1.54, 1.807) is 0 Å². The third kappa shape index (κ3) is 2.56. The fourth-order valence-corrected chi connectivity index (χ4v) is 2.69. The van der Waals surface area contributed by atoms with Crippen molar-refractivity contribution in [2.45, 2.75) is 32.8 Å². The maximum Gasteiger partial charge on any atom is 0.0604 e. The summed E-state index contributed by atoms with van der Waals surface area (Å²) >= 11 is 2.34. The van der Waals surface area contributed by atoms with E-state index in [2.05, 4.69) is 39.8 Å². The van der Waals surface area contributed by atoms with Crippen molar-refractivity contribution in [2.75, 3.05) is 13.1 Å². The van der Waals surface area contributed by atoms with E-state index >= 15 is 0 Å². The van der Waals surface area contributed by atoms with Gasteiger partial charge in [-0.1, -0.05) is 13.8 Å². The minimum absolute atomic E-state index is 0.0672. The Balaban J connectivity index is 2.60. The Morgan fingerprint density at radius 3 is 2.82 bits per heavy atom. The highest BCUT2D eigenvalue weighted by atomic mass is 127. The van der Waals surface area contributed by atoms with Crippen molar-refractivity contribution < 1.29 is 5.11 Å². The molecule has 1 unspecified atom stereocenters. The predicted molar refractivity (Wildman–Crippen MR) is 54.6 cm³/mol. The fourth-order valence-electron chi connectivity index (χ4n) is 1.47. The standard InChI is InChI=1S/C8H16INO/c1-8(2)6-10(9)5-3-4-7(8)11/h7,11H,3-6H2,1-2H3. The molecular formula is C8H16INO. The SMILES string of the molecule is CC1(C)CN(I)CCCC1O. The van der Waals surface area contributed by atoms with Crippen molar-refractivity contribution in [3.05, 3.63) is 0 Å². The first-order valence-electron chi connectivity index (χ1n) is 4.11. The molecule has 0 aliphatic carbocycles. The molecule has 1 saturated heterocycles. The van der Waals surface area contributed by atoms with Crippen LogP contribution in [-0.2, 0) is 0 Å². The average Bonchev–Trinajstić information content (AvgIpc) is 1.93. The maximum absolute atomic E-state index is 9.70. The van der Waals surface area contributed by atoms with Gasteiger partial charge in [0.25, 0.3) is 0 Å². The minimum Gasteiger partial charge on any atom is -0.393 e. The molecule has 1 atom stereocenters. The molecule has 1 heterocycles. The molecular weight excluding hydrogens is 253 g/mol. The molecule has 1 aliphatic rings. The molecule has 0 bridgehead atoms. The number of hydrogen-bond donors (Lipinski definition) is 1. The van der Waals surface area contributed by atoms with Gasteiger partial charge in [-0.3, -0.25) is 0 Å². The number of rotatable bonds is 0. The van der Waals surface area contributed by atoms with Gasteiger partial charge in [0.05, 0.1) is 6.10 Å². The summed E-state index contributed by atoms with van der Waals surface area (Å²) in [5.41, 5.74) is 0.0672. The number of aliphatic hydroxyl groups excluding tert-OH is 1. The zero-order valence-electron chi connectivity index (χ0n) is 7.18. The Kier molecular flexibility index (Phi) is 3.17. The molecule has 3 heteroatoms. The Morgan fingerprint density at radius 1 is 1.55 bits per heavy atom. The van der Waals surface area contributed by atoms with Crippen molar-refractivity contribution in [3.63, 3.8) is 0 Å². The first kappa shape index (κ1) is 9.74. The molecule has 66 valence electrons.